The number of rotatable bonds is 10. The van der Waals surface area contributed by atoms with Crippen LogP contribution in [0.4, 0.5) is 0 Å². The second kappa shape index (κ2) is 10.7. The predicted molar refractivity (Wildman–Crippen MR) is 103 cm³/mol. The van der Waals surface area contributed by atoms with Crippen molar-refractivity contribution < 1.29 is 9.53 Å². The van der Waals surface area contributed by atoms with Crippen molar-refractivity contribution in [2.75, 3.05) is 26.2 Å². The quantitative estimate of drug-likeness (QED) is 0.478. The molecule has 0 amide bonds. The summed E-state index contributed by atoms with van der Waals surface area (Å²) in [6, 6.07) is 20.1. The molecule has 0 radical (unpaired) electrons. The van der Waals surface area contributed by atoms with Crippen molar-refractivity contribution in [2.24, 2.45) is 0 Å². The largest absolute Gasteiger partial charge is 0.465 e. The number of carbonyl (C=O) groups excluding carboxylic acids is 1. The summed E-state index contributed by atoms with van der Waals surface area (Å²) in [5.74, 6) is -0.383. The molecule has 2 rings (SSSR count). The maximum absolute atomic E-state index is 12.7. The SMILES string of the molecule is CCN(CC)CCCOC(=O)C(Cc1ccccc1)c1ccccc1. The first-order valence-corrected chi connectivity index (χ1v) is 9.22. The highest BCUT2D eigenvalue weighted by Crippen LogP contribution is 2.22. The van der Waals surface area contributed by atoms with E-state index in [9.17, 15) is 4.79 Å². The molecule has 0 aliphatic rings. The van der Waals surface area contributed by atoms with E-state index in [-0.39, 0.29) is 11.9 Å². The Morgan fingerprint density at radius 3 is 2.16 bits per heavy atom. The highest BCUT2D eigenvalue weighted by atomic mass is 16.5. The van der Waals surface area contributed by atoms with Crippen molar-refractivity contribution in [1.82, 2.24) is 4.90 Å². The van der Waals surface area contributed by atoms with Gasteiger partial charge in [0.1, 0.15) is 0 Å². The minimum absolute atomic E-state index is 0.130. The number of hydrogen-bond acceptors (Lipinski definition) is 3. The lowest BCUT2D eigenvalue weighted by Gasteiger charge is -2.19. The molecule has 1 unspecified atom stereocenters. The molecule has 0 aliphatic heterocycles. The maximum Gasteiger partial charge on any atom is 0.313 e. The first kappa shape index (κ1) is 19.2. The molecular weight excluding hydrogens is 310 g/mol. The summed E-state index contributed by atoms with van der Waals surface area (Å²) in [6.07, 6.45) is 1.54. The van der Waals surface area contributed by atoms with Gasteiger partial charge in [-0.25, -0.2) is 0 Å². The van der Waals surface area contributed by atoms with Gasteiger partial charge in [0, 0.05) is 6.54 Å². The maximum atomic E-state index is 12.7. The second-order valence-electron chi connectivity index (χ2n) is 6.20. The van der Waals surface area contributed by atoms with Gasteiger partial charge >= 0.3 is 5.97 Å². The Bertz CT molecular complexity index is 608. The normalized spacial score (nSPS) is 12.1. The number of ether oxygens (including phenoxy) is 1. The predicted octanol–water partition coefficient (Wildman–Crippen LogP) is 4.29. The van der Waals surface area contributed by atoms with Crippen LogP contribution in [0.15, 0.2) is 60.7 Å². The molecule has 0 N–H and O–H groups in total. The van der Waals surface area contributed by atoms with Crippen LogP contribution >= 0.6 is 0 Å². The lowest BCUT2D eigenvalue weighted by Crippen LogP contribution is -2.26. The molecule has 2 aromatic rings. The van der Waals surface area contributed by atoms with Crippen LogP contribution in [0, 0.1) is 0 Å². The first-order chi connectivity index (χ1) is 12.2. The third kappa shape index (κ3) is 6.35. The van der Waals surface area contributed by atoms with E-state index in [1.54, 1.807) is 0 Å². The summed E-state index contributed by atoms with van der Waals surface area (Å²) in [6.45, 7) is 7.82. The van der Waals surface area contributed by atoms with Crippen LogP contribution in [0.25, 0.3) is 0 Å². The number of benzene rings is 2. The Morgan fingerprint density at radius 1 is 0.960 bits per heavy atom. The molecule has 3 nitrogen and oxygen atoms in total. The number of carbonyl (C=O) groups is 1. The molecule has 0 aliphatic carbocycles. The molecule has 134 valence electrons. The van der Waals surface area contributed by atoms with Crippen molar-refractivity contribution in [3.05, 3.63) is 71.8 Å². The summed E-state index contributed by atoms with van der Waals surface area (Å²) < 4.78 is 5.60. The van der Waals surface area contributed by atoms with E-state index in [4.69, 9.17) is 4.74 Å². The zero-order valence-corrected chi connectivity index (χ0v) is 15.4. The number of nitrogens with zero attached hydrogens (tertiary/aromatic N) is 1. The fourth-order valence-corrected chi connectivity index (χ4v) is 2.97. The third-order valence-corrected chi connectivity index (χ3v) is 4.53. The highest BCUT2D eigenvalue weighted by Gasteiger charge is 2.22. The van der Waals surface area contributed by atoms with Crippen LogP contribution in [0.5, 0.6) is 0 Å². The van der Waals surface area contributed by atoms with E-state index in [1.165, 1.54) is 0 Å². The molecule has 0 aromatic heterocycles. The van der Waals surface area contributed by atoms with E-state index in [2.05, 4.69) is 30.9 Å². The van der Waals surface area contributed by atoms with Gasteiger partial charge in [0.2, 0.25) is 0 Å². The van der Waals surface area contributed by atoms with E-state index < -0.39 is 0 Å². The minimum atomic E-state index is -0.253. The second-order valence-corrected chi connectivity index (χ2v) is 6.20. The van der Waals surface area contributed by atoms with Gasteiger partial charge in [-0.3, -0.25) is 4.79 Å². The fourth-order valence-electron chi connectivity index (χ4n) is 2.97. The lowest BCUT2D eigenvalue weighted by molar-refractivity contribution is -0.145. The lowest BCUT2D eigenvalue weighted by atomic mass is 9.92. The smallest absolute Gasteiger partial charge is 0.313 e. The standard InChI is InChI=1S/C22H29NO2/c1-3-23(4-2)16-11-17-25-22(24)21(20-14-9-6-10-15-20)18-19-12-7-5-8-13-19/h5-10,12-15,21H,3-4,11,16-18H2,1-2H3. The highest BCUT2D eigenvalue weighted by molar-refractivity contribution is 5.78. The Morgan fingerprint density at radius 2 is 1.56 bits per heavy atom. The van der Waals surface area contributed by atoms with Gasteiger partial charge in [0.25, 0.3) is 0 Å². The number of esters is 1. The van der Waals surface area contributed by atoms with Gasteiger partial charge in [0.15, 0.2) is 0 Å². The van der Waals surface area contributed by atoms with Gasteiger partial charge < -0.3 is 9.64 Å². The van der Waals surface area contributed by atoms with Crippen LogP contribution in [0.2, 0.25) is 0 Å². The molecule has 25 heavy (non-hydrogen) atoms. The summed E-state index contributed by atoms with van der Waals surface area (Å²) in [5.41, 5.74) is 2.16. The molecule has 0 heterocycles. The van der Waals surface area contributed by atoms with Crippen molar-refractivity contribution in [1.29, 1.82) is 0 Å². The average Bonchev–Trinajstić information content (AvgIpc) is 2.67. The summed E-state index contributed by atoms with van der Waals surface area (Å²) in [4.78, 5) is 15.0. The number of hydrogen-bond donors (Lipinski definition) is 0. The Balaban J connectivity index is 1.96. The van der Waals surface area contributed by atoms with E-state index in [1.807, 2.05) is 48.5 Å². The zero-order chi connectivity index (χ0) is 17.9. The molecule has 3 heteroatoms. The monoisotopic (exact) mass is 339 g/mol. The van der Waals surface area contributed by atoms with E-state index >= 15 is 0 Å². The molecule has 2 aromatic carbocycles. The molecule has 0 bridgehead atoms. The van der Waals surface area contributed by atoms with Gasteiger partial charge in [-0.15, -0.1) is 0 Å². The van der Waals surface area contributed by atoms with Crippen molar-refractivity contribution in [3.8, 4) is 0 Å². The van der Waals surface area contributed by atoms with Crippen molar-refractivity contribution >= 4 is 5.97 Å². The van der Waals surface area contributed by atoms with Gasteiger partial charge in [-0.05, 0) is 37.1 Å². The Labute approximate surface area is 151 Å². The van der Waals surface area contributed by atoms with Crippen molar-refractivity contribution in [3.63, 3.8) is 0 Å². The van der Waals surface area contributed by atoms with Gasteiger partial charge in [-0.1, -0.05) is 74.5 Å². The zero-order valence-electron chi connectivity index (χ0n) is 15.4. The first-order valence-electron chi connectivity index (χ1n) is 9.22. The molecular formula is C22H29NO2. The molecule has 0 spiro atoms. The summed E-state index contributed by atoms with van der Waals surface area (Å²) >= 11 is 0. The van der Waals surface area contributed by atoms with Crippen LogP contribution in [0.1, 0.15) is 37.3 Å². The molecule has 0 saturated heterocycles. The molecule has 0 fully saturated rings. The van der Waals surface area contributed by atoms with Crippen LogP contribution in [0.3, 0.4) is 0 Å². The van der Waals surface area contributed by atoms with E-state index in [0.29, 0.717) is 13.0 Å². The van der Waals surface area contributed by atoms with Gasteiger partial charge in [-0.2, -0.15) is 0 Å². The van der Waals surface area contributed by atoms with E-state index in [0.717, 1.165) is 37.2 Å². The minimum Gasteiger partial charge on any atom is -0.465 e. The Kier molecular flexibility index (Phi) is 8.20. The fraction of sp³-hybridized carbons (Fsp3) is 0.409. The van der Waals surface area contributed by atoms with Crippen molar-refractivity contribution in [2.45, 2.75) is 32.6 Å². The average molecular weight is 339 g/mol. The molecule has 0 saturated carbocycles. The van der Waals surface area contributed by atoms with Gasteiger partial charge in [0.05, 0.1) is 12.5 Å². The topological polar surface area (TPSA) is 29.5 Å². The Hall–Kier alpha value is -2.13. The van der Waals surface area contributed by atoms with Crippen LogP contribution < -0.4 is 0 Å². The summed E-state index contributed by atoms with van der Waals surface area (Å²) in [7, 11) is 0. The molecule has 1 atom stereocenters. The summed E-state index contributed by atoms with van der Waals surface area (Å²) in [5, 5.41) is 0. The van der Waals surface area contributed by atoms with Crippen LogP contribution in [-0.4, -0.2) is 37.1 Å². The third-order valence-electron chi connectivity index (χ3n) is 4.53. The van der Waals surface area contributed by atoms with Crippen LogP contribution in [-0.2, 0) is 16.0 Å².